The third-order valence-electron chi connectivity index (χ3n) is 3.85. The SMILES string of the molecule is C[C@H](NC(=O)C(C)(C)c1ccc(N)cc1)c1ccccc1. The molecule has 0 saturated carbocycles. The van der Waals surface area contributed by atoms with Crippen molar-refractivity contribution in [1.29, 1.82) is 0 Å². The molecule has 0 aliphatic heterocycles. The van der Waals surface area contributed by atoms with Crippen LogP contribution in [0.1, 0.15) is 37.9 Å². The van der Waals surface area contributed by atoms with Gasteiger partial charge in [0.15, 0.2) is 0 Å². The van der Waals surface area contributed by atoms with Crippen molar-refractivity contribution in [3.8, 4) is 0 Å². The van der Waals surface area contributed by atoms with Crippen molar-refractivity contribution in [2.24, 2.45) is 0 Å². The zero-order valence-corrected chi connectivity index (χ0v) is 12.8. The number of nitrogen functional groups attached to an aromatic ring is 1. The molecule has 0 heterocycles. The highest BCUT2D eigenvalue weighted by atomic mass is 16.2. The highest BCUT2D eigenvalue weighted by Gasteiger charge is 2.30. The Morgan fingerprint density at radius 2 is 1.62 bits per heavy atom. The molecule has 3 N–H and O–H groups in total. The Morgan fingerprint density at radius 3 is 2.19 bits per heavy atom. The van der Waals surface area contributed by atoms with E-state index in [0.717, 1.165) is 11.1 Å². The van der Waals surface area contributed by atoms with E-state index in [4.69, 9.17) is 5.73 Å². The summed E-state index contributed by atoms with van der Waals surface area (Å²) in [6, 6.07) is 17.4. The summed E-state index contributed by atoms with van der Waals surface area (Å²) >= 11 is 0. The summed E-state index contributed by atoms with van der Waals surface area (Å²) in [7, 11) is 0. The summed E-state index contributed by atoms with van der Waals surface area (Å²) < 4.78 is 0. The maximum Gasteiger partial charge on any atom is 0.230 e. The molecule has 0 radical (unpaired) electrons. The predicted octanol–water partition coefficient (Wildman–Crippen LogP) is 3.42. The molecule has 0 aliphatic rings. The normalized spacial score (nSPS) is 12.7. The molecule has 0 fully saturated rings. The molecule has 2 rings (SSSR count). The average Bonchev–Trinajstić information content (AvgIpc) is 2.48. The summed E-state index contributed by atoms with van der Waals surface area (Å²) in [5, 5.41) is 3.08. The fraction of sp³-hybridized carbons (Fsp3) is 0.278. The van der Waals surface area contributed by atoms with Gasteiger partial charge in [-0.05, 0) is 44.0 Å². The minimum atomic E-state index is -0.600. The fourth-order valence-electron chi connectivity index (χ4n) is 2.23. The van der Waals surface area contributed by atoms with E-state index in [1.54, 1.807) is 0 Å². The van der Waals surface area contributed by atoms with Crippen LogP contribution >= 0.6 is 0 Å². The fourth-order valence-corrected chi connectivity index (χ4v) is 2.23. The highest BCUT2D eigenvalue weighted by Crippen LogP contribution is 2.25. The minimum absolute atomic E-state index is 0.00336. The van der Waals surface area contributed by atoms with Crippen LogP contribution in [0.15, 0.2) is 54.6 Å². The van der Waals surface area contributed by atoms with Gasteiger partial charge < -0.3 is 11.1 Å². The highest BCUT2D eigenvalue weighted by molar-refractivity contribution is 5.87. The molecule has 21 heavy (non-hydrogen) atoms. The van der Waals surface area contributed by atoms with Gasteiger partial charge in [-0.3, -0.25) is 4.79 Å². The van der Waals surface area contributed by atoms with Gasteiger partial charge in [-0.25, -0.2) is 0 Å². The molecular weight excluding hydrogens is 260 g/mol. The van der Waals surface area contributed by atoms with Crippen LogP contribution in [-0.2, 0) is 10.2 Å². The first-order valence-electron chi connectivity index (χ1n) is 7.13. The number of rotatable bonds is 4. The lowest BCUT2D eigenvalue weighted by atomic mass is 9.83. The number of benzene rings is 2. The number of carbonyl (C=O) groups excluding carboxylic acids is 1. The number of hydrogen-bond donors (Lipinski definition) is 2. The van der Waals surface area contributed by atoms with Gasteiger partial charge in [0.25, 0.3) is 0 Å². The van der Waals surface area contributed by atoms with E-state index < -0.39 is 5.41 Å². The Morgan fingerprint density at radius 1 is 1.05 bits per heavy atom. The van der Waals surface area contributed by atoms with Crippen LogP contribution in [0.4, 0.5) is 5.69 Å². The van der Waals surface area contributed by atoms with Gasteiger partial charge in [0.05, 0.1) is 11.5 Å². The van der Waals surface area contributed by atoms with E-state index in [2.05, 4.69) is 5.32 Å². The molecule has 0 unspecified atom stereocenters. The second kappa shape index (κ2) is 6.00. The van der Waals surface area contributed by atoms with Crippen LogP contribution in [0.5, 0.6) is 0 Å². The molecule has 2 aromatic carbocycles. The first-order valence-corrected chi connectivity index (χ1v) is 7.13. The topological polar surface area (TPSA) is 55.1 Å². The molecule has 2 aromatic rings. The molecule has 0 bridgehead atoms. The Kier molecular flexibility index (Phi) is 4.32. The summed E-state index contributed by atoms with van der Waals surface area (Å²) in [5.41, 5.74) is 7.85. The van der Waals surface area contributed by atoms with Gasteiger partial charge >= 0.3 is 0 Å². The van der Waals surface area contributed by atoms with Crippen LogP contribution < -0.4 is 11.1 Å². The Hall–Kier alpha value is -2.29. The number of anilines is 1. The monoisotopic (exact) mass is 282 g/mol. The van der Waals surface area contributed by atoms with Gasteiger partial charge in [-0.2, -0.15) is 0 Å². The number of carbonyl (C=O) groups is 1. The smallest absolute Gasteiger partial charge is 0.230 e. The third-order valence-corrected chi connectivity index (χ3v) is 3.85. The number of nitrogens with one attached hydrogen (secondary N) is 1. The first kappa shape index (κ1) is 15.1. The van der Waals surface area contributed by atoms with Gasteiger partial charge in [-0.1, -0.05) is 42.5 Å². The Balaban J connectivity index is 2.13. The molecule has 3 heteroatoms. The van der Waals surface area contributed by atoms with Gasteiger partial charge in [-0.15, -0.1) is 0 Å². The van der Waals surface area contributed by atoms with E-state index in [-0.39, 0.29) is 11.9 Å². The van der Waals surface area contributed by atoms with Crippen LogP contribution in [0, 0.1) is 0 Å². The van der Waals surface area contributed by atoms with Crippen LogP contribution in [0.25, 0.3) is 0 Å². The summed E-state index contributed by atoms with van der Waals surface area (Å²) in [5.74, 6) is 0.00336. The van der Waals surface area contributed by atoms with E-state index in [9.17, 15) is 4.79 Å². The van der Waals surface area contributed by atoms with Crippen molar-refractivity contribution < 1.29 is 4.79 Å². The first-order chi connectivity index (χ1) is 9.91. The maximum absolute atomic E-state index is 12.6. The molecule has 0 spiro atoms. The number of amides is 1. The van der Waals surface area contributed by atoms with Crippen molar-refractivity contribution >= 4 is 11.6 Å². The number of nitrogens with two attached hydrogens (primary N) is 1. The van der Waals surface area contributed by atoms with Crippen LogP contribution in [0.3, 0.4) is 0 Å². The van der Waals surface area contributed by atoms with Crippen molar-refractivity contribution in [2.45, 2.75) is 32.2 Å². The van der Waals surface area contributed by atoms with Gasteiger partial charge in [0.2, 0.25) is 5.91 Å². The second-order valence-electron chi connectivity index (χ2n) is 5.85. The van der Waals surface area contributed by atoms with E-state index in [1.807, 2.05) is 75.4 Å². The summed E-state index contributed by atoms with van der Waals surface area (Å²) in [6.45, 7) is 5.84. The Bertz CT molecular complexity index is 603. The molecule has 1 atom stereocenters. The molecule has 0 saturated heterocycles. The quantitative estimate of drug-likeness (QED) is 0.844. The lowest BCUT2D eigenvalue weighted by Crippen LogP contribution is -2.41. The van der Waals surface area contributed by atoms with Crippen molar-refractivity contribution in [3.05, 3.63) is 65.7 Å². The Labute approximate surface area is 126 Å². The lowest BCUT2D eigenvalue weighted by Gasteiger charge is -2.27. The second-order valence-corrected chi connectivity index (χ2v) is 5.85. The van der Waals surface area contributed by atoms with Crippen LogP contribution in [-0.4, -0.2) is 5.91 Å². The molecule has 3 nitrogen and oxygen atoms in total. The van der Waals surface area contributed by atoms with Crippen molar-refractivity contribution in [1.82, 2.24) is 5.32 Å². The van der Waals surface area contributed by atoms with Crippen molar-refractivity contribution in [2.75, 3.05) is 5.73 Å². The van der Waals surface area contributed by atoms with Gasteiger partial charge in [0.1, 0.15) is 0 Å². The molecule has 110 valence electrons. The van der Waals surface area contributed by atoms with E-state index in [1.165, 1.54) is 0 Å². The zero-order valence-electron chi connectivity index (χ0n) is 12.8. The molecular formula is C18H22N2O. The van der Waals surface area contributed by atoms with E-state index >= 15 is 0 Å². The van der Waals surface area contributed by atoms with E-state index in [0.29, 0.717) is 5.69 Å². The maximum atomic E-state index is 12.6. The molecule has 1 amide bonds. The van der Waals surface area contributed by atoms with Crippen molar-refractivity contribution in [3.63, 3.8) is 0 Å². The van der Waals surface area contributed by atoms with Crippen LogP contribution in [0.2, 0.25) is 0 Å². The standard InChI is InChI=1S/C18H22N2O/c1-13(14-7-5-4-6-8-14)20-17(21)18(2,3)15-9-11-16(19)12-10-15/h4-13H,19H2,1-3H3,(H,20,21)/t13-/m0/s1. The largest absolute Gasteiger partial charge is 0.399 e. The predicted molar refractivity (Wildman–Crippen MR) is 86.9 cm³/mol. The number of hydrogen-bond acceptors (Lipinski definition) is 2. The third kappa shape index (κ3) is 3.43. The van der Waals surface area contributed by atoms with Gasteiger partial charge in [0, 0.05) is 5.69 Å². The zero-order chi connectivity index (χ0) is 15.5. The average molecular weight is 282 g/mol. The molecule has 0 aromatic heterocycles. The molecule has 0 aliphatic carbocycles. The summed E-state index contributed by atoms with van der Waals surface area (Å²) in [6.07, 6.45) is 0. The minimum Gasteiger partial charge on any atom is -0.399 e. The summed E-state index contributed by atoms with van der Waals surface area (Å²) in [4.78, 5) is 12.6. The lowest BCUT2D eigenvalue weighted by molar-refractivity contribution is -0.126.